The van der Waals surface area contributed by atoms with Crippen molar-refractivity contribution in [3.63, 3.8) is 0 Å². The van der Waals surface area contributed by atoms with Crippen molar-refractivity contribution in [2.45, 2.75) is 25.2 Å². The van der Waals surface area contributed by atoms with Gasteiger partial charge in [-0.3, -0.25) is 4.79 Å². The minimum Gasteiger partial charge on any atom is -0.481 e. The molecular formula is C23H20FN3O4S. The van der Waals surface area contributed by atoms with Gasteiger partial charge in [-0.25, -0.2) is 21.8 Å². The Morgan fingerprint density at radius 3 is 2.59 bits per heavy atom. The molecule has 0 aliphatic carbocycles. The van der Waals surface area contributed by atoms with E-state index in [1.54, 1.807) is 0 Å². The van der Waals surface area contributed by atoms with Gasteiger partial charge in [-0.1, -0.05) is 18.2 Å². The van der Waals surface area contributed by atoms with Gasteiger partial charge in [0, 0.05) is 23.0 Å². The first-order valence-electron chi connectivity index (χ1n) is 9.74. The molecule has 0 saturated carbocycles. The van der Waals surface area contributed by atoms with Gasteiger partial charge in [-0.05, 0) is 61.4 Å². The Morgan fingerprint density at radius 2 is 1.88 bits per heavy atom. The summed E-state index contributed by atoms with van der Waals surface area (Å²) < 4.78 is 42.6. The predicted molar refractivity (Wildman–Crippen MR) is 119 cm³/mol. The molecule has 0 spiro atoms. The molecule has 0 aliphatic rings. The number of hydrogen-bond acceptors (Lipinski definition) is 5. The van der Waals surface area contributed by atoms with Crippen LogP contribution in [0, 0.1) is 19.7 Å². The molecule has 32 heavy (non-hydrogen) atoms. The summed E-state index contributed by atoms with van der Waals surface area (Å²) >= 11 is 0. The second-order valence-corrected chi connectivity index (χ2v) is 9.11. The first kappa shape index (κ1) is 21.5. The van der Waals surface area contributed by atoms with E-state index in [0.29, 0.717) is 5.69 Å². The summed E-state index contributed by atoms with van der Waals surface area (Å²) in [5.74, 6) is -1.59. The molecule has 2 N–H and O–H groups in total. The monoisotopic (exact) mass is 453 g/mol. The normalized spacial score (nSPS) is 11.6. The smallest absolute Gasteiger partial charge is 0.307 e. The van der Waals surface area contributed by atoms with E-state index in [4.69, 9.17) is 0 Å². The molecular weight excluding hydrogens is 433 g/mol. The van der Waals surface area contributed by atoms with Gasteiger partial charge in [0.1, 0.15) is 10.7 Å². The maximum absolute atomic E-state index is 13.9. The molecule has 0 fully saturated rings. The average Bonchev–Trinajstić information content (AvgIpc) is 3.01. The lowest BCUT2D eigenvalue weighted by molar-refractivity contribution is -0.136. The van der Waals surface area contributed by atoms with Crippen LogP contribution in [-0.4, -0.2) is 28.5 Å². The fourth-order valence-corrected chi connectivity index (χ4v) is 5.43. The Morgan fingerprint density at radius 1 is 1.12 bits per heavy atom. The first-order valence-corrected chi connectivity index (χ1v) is 11.2. The van der Waals surface area contributed by atoms with Crippen molar-refractivity contribution in [2.75, 3.05) is 5.32 Å². The lowest BCUT2D eigenvalue weighted by Crippen LogP contribution is -2.17. The minimum absolute atomic E-state index is 0.0885. The fourth-order valence-electron chi connectivity index (χ4n) is 3.74. The number of halogens is 1. The Labute approximate surface area is 184 Å². The molecule has 2 aromatic heterocycles. The highest BCUT2D eigenvalue weighted by Gasteiger charge is 2.28. The molecule has 0 atom stereocenters. The highest BCUT2D eigenvalue weighted by molar-refractivity contribution is 7.90. The van der Waals surface area contributed by atoms with E-state index in [1.165, 1.54) is 31.3 Å². The number of benzene rings is 2. The van der Waals surface area contributed by atoms with Crippen molar-refractivity contribution in [3.05, 3.63) is 83.4 Å². The zero-order valence-electron chi connectivity index (χ0n) is 17.3. The number of anilines is 2. The maximum Gasteiger partial charge on any atom is 0.307 e. The highest BCUT2D eigenvalue weighted by atomic mass is 32.2. The molecule has 0 unspecified atom stereocenters. The molecule has 9 heteroatoms. The summed E-state index contributed by atoms with van der Waals surface area (Å²) in [5.41, 5.74) is 2.26. The van der Waals surface area contributed by atoms with Gasteiger partial charge in [-0.2, -0.15) is 0 Å². The molecule has 0 bridgehead atoms. The number of pyridine rings is 1. The SMILES string of the molecule is Cc1ccccc1Nc1ncccc1S(=O)(=O)n1c(C)c(CC(=O)O)c2cc(F)ccc21. The molecule has 0 saturated heterocycles. The standard InChI is InChI=1S/C23H20FN3O4S/c1-14-6-3-4-7-19(14)26-23-21(8-5-11-25-23)32(30,31)27-15(2)17(13-22(28)29)18-12-16(24)9-10-20(18)27/h3-12H,13H2,1-2H3,(H,25,26)(H,28,29). The van der Waals surface area contributed by atoms with Crippen LogP contribution in [0.15, 0.2) is 65.7 Å². The van der Waals surface area contributed by atoms with Crippen molar-refractivity contribution < 1.29 is 22.7 Å². The number of nitrogens with zero attached hydrogens (tertiary/aromatic N) is 2. The molecule has 0 radical (unpaired) electrons. The Balaban J connectivity index is 1.93. The number of aliphatic carboxylic acids is 1. The Hall–Kier alpha value is -3.72. The zero-order chi connectivity index (χ0) is 23.0. The van der Waals surface area contributed by atoms with Crippen LogP contribution in [0.25, 0.3) is 10.9 Å². The van der Waals surface area contributed by atoms with Gasteiger partial charge in [0.25, 0.3) is 10.0 Å². The number of carboxylic acids is 1. The summed E-state index contributed by atoms with van der Waals surface area (Å²) in [7, 11) is -4.21. The predicted octanol–water partition coefficient (Wildman–Crippen LogP) is 4.40. The van der Waals surface area contributed by atoms with Crippen LogP contribution in [0.5, 0.6) is 0 Å². The van der Waals surface area contributed by atoms with E-state index in [1.807, 2.05) is 31.2 Å². The third-order valence-corrected chi connectivity index (χ3v) is 7.10. The Kier molecular flexibility index (Phi) is 5.43. The van der Waals surface area contributed by atoms with Crippen LogP contribution >= 0.6 is 0 Å². The van der Waals surface area contributed by atoms with Gasteiger partial charge >= 0.3 is 5.97 Å². The molecule has 4 aromatic rings. The number of para-hydroxylation sites is 1. The topological polar surface area (TPSA) is 101 Å². The van der Waals surface area contributed by atoms with Crippen molar-refractivity contribution in [2.24, 2.45) is 0 Å². The third kappa shape index (κ3) is 3.71. The molecule has 0 aliphatic heterocycles. The van der Waals surface area contributed by atoms with Gasteiger partial charge < -0.3 is 10.4 Å². The number of carbonyl (C=O) groups is 1. The molecule has 164 valence electrons. The quantitative estimate of drug-likeness (QED) is 0.449. The van der Waals surface area contributed by atoms with Crippen LogP contribution in [0.2, 0.25) is 0 Å². The molecule has 0 amide bonds. The van der Waals surface area contributed by atoms with Crippen LogP contribution in [-0.2, 0) is 21.2 Å². The minimum atomic E-state index is -4.21. The molecule has 4 rings (SSSR count). The summed E-state index contributed by atoms with van der Waals surface area (Å²) in [6.45, 7) is 3.40. The average molecular weight is 453 g/mol. The first-order chi connectivity index (χ1) is 15.2. The number of hydrogen-bond donors (Lipinski definition) is 2. The second-order valence-electron chi connectivity index (χ2n) is 7.36. The summed E-state index contributed by atoms with van der Waals surface area (Å²) in [6.07, 6.45) is 1.04. The summed E-state index contributed by atoms with van der Waals surface area (Å²) in [5, 5.41) is 12.6. The number of aryl methyl sites for hydroxylation is 1. The van der Waals surface area contributed by atoms with Crippen LogP contribution in [0.4, 0.5) is 15.9 Å². The van der Waals surface area contributed by atoms with E-state index in [9.17, 15) is 22.7 Å². The zero-order valence-corrected chi connectivity index (χ0v) is 18.1. The van der Waals surface area contributed by atoms with E-state index >= 15 is 0 Å². The van der Waals surface area contributed by atoms with Gasteiger partial charge in [-0.15, -0.1) is 0 Å². The summed E-state index contributed by atoms with van der Waals surface area (Å²) in [6, 6.07) is 14.0. The van der Waals surface area contributed by atoms with Gasteiger partial charge in [0.15, 0.2) is 5.82 Å². The molecule has 2 aromatic carbocycles. The fraction of sp³-hybridized carbons (Fsp3) is 0.130. The Bertz CT molecular complexity index is 1460. The number of carboxylic acid groups (broad SMARTS) is 1. The van der Waals surface area contributed by atoms with Gasteiger partial charge in [0.2, 0.25) is 0 Å². The summed E-state index contributed by atoms with van der Waals surface area (Å²) in [4.78, 5) is 15.5. The van der Waals surface area contributed by atoms with Crippen molar-refractivity contribution in [1.29, 1.82) is 0 Å². The van der Waals surface area contributed by atoms with Crippen molar-refractivity contribution in [3.8, 4) is 0 Å². The number of fused-ring (bicyclic) bond motifs is 1. The van der Waals surface area contributed by atoms with Crippen molar-refractivity contribution in [1.82, 2.24) is 8.96 Å². The van der Waals surface area contributed by atoms with E-state index < -0.39 is 28.2 Å². The number of aromatic nitrogens is 2. The molecule has 7 nitrogen and oxygen atoms in total. The van der Waals surface area contributed by atoms with Crippen LogP contribution in [0.3, 0.4) is 0 Å². The van der Waals surface area contributed by atoms with Crippen LogP contribution in [0.1, 0.15) is 16.8 Å². The highest BCUT2D eigenvalue weighted by Crippen LogP contribution is 2.33. The maximum atomic E-state index is 13.9. The second kappa shape index (κ2) is 8.08. The van der Waals surface area contributed by atoms with E-state index in [-0.39, 0.29) is 32.9 Å². The number of rotatable bonds is 6. The van der Waals surface area contributed by atoms with Crippen LogP contribution < -0.4 is 5.32 Å². The van der Waals surface area contributed by atoms with E-state index in [0.717, 1.165) is 21.7 Å². The van der Waals surface area contributed by atoms with Crippen molar-refractivity contribution >= 4 is 38.4 Å². The lowest BCUT2D eigenvalue weighted by Gasteiger charge is -2.15. The third-order valence-electron chi connectivity index (χ3n) is 5.26. The van der Waals surface area contributed by atoms with E-state index in [2.05, 4.69) is 10.3 Å². The van der Waals surface area contributed by atoms with Gasteiger partial charge in [0.05, 0.1) is 11.9 Å². The lowest BCUT2D eigenvalue weighted by atomic mass is 10.1. The number of nitrogens with one attached hydrogen (secondary N) is 1. The molecule has 2 heterocycles. The largest absolute Gasteiger partial charge is 0.481 e.